The monoisotopic (exact) mass is 252 g/mol. The van der Waals surface area contributed by atoms with Crippen molar-refractivity contribution in [1.82, 2.24) is 10.4 Å². The molecule has 0 aliphatic heterocycles. The highest BCUT2D eigenvalue weighted by Crippen LogP contribution is 2.27. The van der Waals surface area contributed by atoms with E-state index in [0.717, 1.165) is 15.3 Å². The van der Waals surface area contributed by atoms with Crippen molar-refractivity contribution in [3.8, 4) is 0 Å². The quantitative estimate of drug-likeness (QED) is 0.564. The Labute approximate surface area is 103 Å². The van der Waals surface area contributed by atoms with Crippen LogP contribution in [0.25, 0.3) is 10.2 Å². The van der Waals surface area contributed by atoms with Gasteiger partial charge in [-0.3, -0.25) is 10.9 Å². The highest BCUT2D eigenvalue weighted by atomic mass is 32.1. The Bertz CT molecular complexity index is 508. The fraction of sp³-hybridized carbons (Fsp3) is 0.200. The maximum Gasteiger partial charge on any atom is 0.202 e. The van der Waals surface area contributed by atoms with Gasteiger partial charge in [-0.1, -0.05) is 11.3 Å². The van der Waals surface area contributed by atoms with Gasteiger partial charge in [0, 0.05) is 0 Å². The first-order valence-electron chi connectivity index (χ1n) is 4.75. The fourth-order valence-electron chi connectivity index (χ4n) is 1.35. The van der Waals surface area contributed by atoms with Crippen molar-refractivity contribution in [2.45, 2.75) is 13.8 Å². The number of hydrogen-bond acceptors (Lipinski definition) is 4. The third kappa shape index (κ3) is 2.23. The van der Waals surface area contributed by atoms with E-state index >= 15 is 0 Å². The smallest absolute Gasteiger partial charge is 0.202 e. The largest absolute Gasteiger partial charge is 0.375 e. The van der Waals surface area contributed by atoms with Crippen LogP contribution in [0, 0.1) is 13.8 Å². The van der Waals surface area contributed by atoms with Crippen molar-refractivity contribution < 1.29 is 0 Å². The number of anilines is 1. The number of nitrogens with one attached hydrogen (secondary N) is 2. The van der Waals surface area contributed by atoms with E-state index < -0.39 is 0 Å². The van der Waals surface area contributed by atoms with Gasteiger partial charge in [-0.05, 0) is 49.3 Å². The van der Waals surface area contributed by atoms with Crippen LogP contribution in [0.5, 0.6) is 0 Å². The van der Waals surface area contributed by atoms with E-state index in [1.165, 1.54) is 11.1 Å². The number of aromatic nitrogens is 1. The fourth-order valence-corrected chi connectivity index (χ4v) is 2.30. The highest BCUT2D eigenvalue weighted by Gasteiger charge is 2.05. The summed E-state index contributed by atoms with van der Waals surface area (Å²) >= 11 is 6.26. The molecule has 4 nitrogen and oxygen atoms in total. The van der Waals surface area contributed by atoms with E-state index in [9.17, 15) is 0 Å². The second-order valence-electron chi connectivity index (χ2n) is 3.54. The standard InChI is InChI=1S/C10H12N4S2/c1-5-3-7-8(4-6(5)2)16-10(12-7)14-13-9(11)15/h3-4H,1-2H3,(H,12,14)(H3,11,13,15). The zero-order valence-electron chi connectivity index (χ0n) is 9.00. The number of thiazole rings is 1. The minimum Gasteiger partial charge on any atom is -0.375 e. The lowest BCUT2D eigenvalue weighted by molar-refractivity contribution is 1.12. The summed E-state index contributed by atoms with van der Waals surface area (Å²) in [5.41, 5.74) is 14.3. The molecule has 1 heterocycles. The highest BCUT2D eigenvalue weighted by molar-refractivity contribution is 7.80. The van der Waals surface area contributed by atoms with Crippen LogP contribution in [-0.4, -0.2) is 10.1 Å². The molecule has 0 bridgehead atoms. The first-order chi connectivity index (χ1) is 7.56. The van der Waals surface area contributed by atoms with Gasteiger partial charge in [0.1, 0.15) is 0 Å². The number of nitrogens with zero attached hydrogens (tertiary/aromatic N) is 1. The number of thiocarbonyl (C=S) groups is 1. The maximum atomic E-state index is 5.32. The Kier molecular flexibility index (Phi) is 2.93. The van der Waals surface area contributed by atoms with Crippen molar-refractivity contribution in [3.63, 3.8) is 0 Å². The third-order valence-corrected chi connectivity index (χ3v) is 3.33. The molecule has 2 rings (SSSR count). The van der Waals surface area contributed by atoms with E-state index in [2.05, 4.69) is 41.8 Å². The van der Waals surface area contributed by atoms with E-state index in [4.69, 9.17) is 18.0 Å². The molecule has 0 fully saturated rings. The van der Waals surface area contributed by atoms with Gasteiger partial charge in [0.05, 0.1) is 10.2 Å². The molecule has 2 aromatic rings. The molecule has 0 atom stereocenters. The number of hydrogen-bond donors (Lipinski definition) is 3. The average molecular weight is 252 g/mol. The Morgan fingerprint density at radius 2 is 2.06 bits per heavy atom. The molecule has 1 aromatic heterocycles. The molecule has 6 heteroatoms. The lowest BCUT2D eigenvalue weighted by Crippen LogP contribution is -2.33. The number of rotatable bonds is 2. The van der Waals surface area contributed by atoms with Crippen LogP contribution < -0.4 is 16.6 Å². The molecule has 0 saturated heterocycles. The summed E-state index contributed by atoms with van der Waals surface area (Å²) in [7, 11) is 0. The minimum absolute atomic E-state index is 0.201. The van der Waals surface area contributed by atoms with Gasteiger partial charge in [0.25, 0.3) is 0 Å². The maximum absolute atomic E-state index is 5.32. The Morgan fingerprint density at radius 1 is 1.38 bits per heavy atom. The zero-order valence-corrected chi connectivity index (χ0v) is 10.6. The predicted molar refractivity (Wildman–Crippen MR) is 72.6 cm³/mol. The van der Waals surface area contributed by atoms with E-state index in [1.807, 2.05) is 0 Å². The second-order valence-corrected chi connectivity index (χ2v) is 5.01. The van der Waals surface area contributed by atoms with Gasteiger partial charge < -0.3 is 5.73 Å². The summed E-state index contributed by atoms with van der Waals surface area (Å²) in [4.78, 5) is 4.42. The van der Waals surface area contributed by atoms with E-state index in [-0.39, 0.29) is 5.11 Å². The molecule has 84 valence electrons. The molecular formula is C10H12N4S2. The third-order valence-electron chi connectivity index (χ3n) is 2.30. The molecule has 0 unspecified atom stereocenters. The van der Waals surface area contributed by atoms with Gasteiger partial charge in [0.2, 0.25) is 5.13 Å². The van der Waals surface area contributed by atoms with Crippen molar-refractivity contribution in [2.24, 2.45) is 5.73 Å². The molecule has 4 N–H and O–H groups in total. The summed E-state index contributed by atoms with van der Waals surface area (Å²) in [5.74, 6) is 0. The molecule has 1 aromatic carbocycles. The molecule has 0 radical (unpaired) electrons. The predicted octanol–water partition coefficient (Wildman–Crippen LogP) is 2.07. The molecule has 0 amide bonds. The first-order valence-corrected chi connectivity index (χ1v) is 5.98. The van der Waals surface area contributed by atoms with E-state index in [0.29, 0.717) is 0 Å². The van der Waals surface area contributed by atoms with Crippen LogP contribution in [0.2, 0.25) is 0 Å². The SMILES string of the molecule is Cc1cc2nc(NNC(N)=S)sc2cc1C. The van der Waals surface area contributed by atoms with Gasteiger partial charge in [-0.2, -0.15) is 0 Å². The molecule has 0 aliphatic carbocycles. The lowest BCUT2D eigenvalue weighted by atomic mass is 10.1. The topological polar surface area (TPSA) is 63.0 Å². The van der Waals surface area contributed by atoms with Crippen molar-refractivity contribution in [1.29, 1.82) is 0 Å². The molecule has 0 spiro atoms. The molecule has 0 saturated carbocycles. The molecule has 16 heavy (non-hydrogen) atoms. The van der Waals surface area contributed by atoms with Crippen LogP contribution >= 0.6 is 23.6 Å². The Balaban J connectivity index is 2.33. The van der Waals surface area contributed by atoms with Crippen LogP contribution in [0.3, 0.4) is 0 Å². The van der Waals surface area contributed by atoms with Crippen LogP contribution in [0.4, 0.5) is 5.13 Å². The van der Waals surface area contributed by atoms with Crippen molar-refractivity contribution in [2.75, 3.05) is 5.43 Å². The summed E-state index contributed by atoms with van der Waals surface area (Å²) in [6.45, 7) is 4.17. The number of benzene rings is 1. The Hall–Kier alpha value is -1.40. The van der Waals surface area contributed by atoms with Gasteiger partial charge in [-0.25, -0.2) is 4.98 Å². The molecule has 0 aliphatic rings. The summed E-state index contributed by atoms with van der Waals surface area (Å²) < 4.78 is 1.15. The Morgan fingerprint density at radius 3 is 2.75 bits per heavy atom. The van der Waals surface area contributed by atoms with Gasteiger partial charge in [0.15, 0.2) is 5.11 Å². The number of nitrogens with two attached hydrogens (primary N) is 1. The lowest BCUT2D eigenvalue weighted by Gasteiger charge is -2.01. The van der Waals surface area contributed by atoms with Crippen LogP contribution in [0.1, 0.15) is 11.1 Å². The first kappa shape index (κ1) is 11.1. The summed E-state index contributed by atoms with van der Waals surface area (Å²) in [6.07, 6.45) is 0. The van der Waals surface area contributed by atoms with Crippen LogP contribution in [-0.2, 0) is 0 Å². The van der Waals surface area contributed by atoms with Crippen LogP contribution in [0.15, 0.2) is 12.1 Å². The zero-order chi connectivity index (χ0) is 11.7. The van der Waals surface area contributed by atoms with Crippen molar-refractivity contribution >= 4 is 44.0 Å². The normalized spacial score (nSPS) is 10.4. The van der Waals surface area contributed by atoms with Gasteiger partial charge >= 0.3 is 0 Å². The summed E-state index contributed by atoms with van der Waals surface area (Å²) in [6, 6.07) is 4.21. The number of aryl methyl sites for hydroxylation is 2. The number of hydrazine groups is 1. The van der Waals surface area contributed by atoms with Gasteiger partial charge in [-0.15, -0.1) is 0 Å². The average Bonchev–Trinajstić information content (AvgIpc) is 2.58. The van der Waals surface area contributed by atoms with E-state index in [1.54, 1.807) is 11.3 Å². The second kappa shape index (κ2) is 4.23. The number of fused-ring (bicyclic) bond motifs is 1. The molecular weight excluding hydrogens is 240 g/mol. The van der Waals surface area contributed by atoms with Crippen molar-refractivity contribution in [3.05, 3.63) is 23.3 Å². The summed E-state index contributed by atoms with van der Waals surface area (Å²) in [5, 5.41) is 0.958. The minimum atomic E-state index is 0.201.